The first-order chi connectivity index (χ1) is 7.74. The zero-order valence-electron chi connectivity index (χ0n) is 10.2. The Hall–Kier alpha value is -0.470. The van der Waals surface area contributed by atoms with E-state index in [1.165, 1.54) is 29.1 Å². The van der Waals surface area contributed by atoms with Gasteiger partial charge in [-0.3, -0.25) is 0 Å². The second-order valence-electron chi connectivity index (χ2n) is 5.00. The molecule has 1 fully saturated rings. The summed E-state index contributed by atoms with van der Waals surface area (Å²) in [7, 11) is 0. The number of nitrogens with one attached hydrogen (secondary N) is 1. The molecule has 1 aromatic carbocycles. The van der Waals surface area contributed by atoms with Crippen LogP contribution >= 0.6 is 11.8 Å². The predicted octanol–water partition coefficient (Wildman–Crippen LogP) is 3.69. The first kappa shape index (κ1) is 12.0. The Morgan fingerprint density at radius 3 is 2.50 bits per heavy atom. The molecule has 2 rings (SSSR count). The summed E-state index contributed by atoms with van der Waals surface area (Å²) in [6, 6.07) is 9.79. The Labute approximate surface area is 103 Å². The lowest BCUT2D eigenvalue weighted by atomic mass is 10.2. The molecule has 1 N–H and O–H groups in total. The van der Waals surface area contributed by atoms with E-state index >= 15 is 0 Å². The van der Waals surface area contributed by atoms with Gasteiger partial charge in [-0.2, -0.15) is 0 Å². The van der Waals surface area contributed by atoms with E-state index in [0.29, 0.717) is 0 Å². The molecule has 0 heterocycles. The summed E-state index contributed by atoms with van der Waals surface area (Å²) >= 11 is 1.95. The van der Waals surface area contributed by atoms with Crippen molar-refractivity contribution in [3.05, 3.63) is 29.8 Å². The van der Waals surface area contributed by atoms with Crippen molar-refractivity contribution in [1.29, 1.82) is 0 Å². The Bertz CT molecular complexity index is 289. The molecule has 88 valence electrons. The standard InChI is InChI=1S/C14H21NS/c1-11(2)10-16-14-7-3-12(4-8-14)9-15-13-5-6-13/h3-4,7-8,11,13,15H,5-6,9-10H2,1-2H3. The van der Waals surface area contributed by atoms with Gasteiger partial charge in [0.15, 0.2) is 0 Å². The summed E-state index contributed by atoms with van der Waals surface area (Å²) in [5.74, 6) is 1.97. The number of benzene rings is 1. The van der Waals surface area contributed by atoms with Gasteiger partial charge >= 0.3 is 0 Å². The molecular formula is C14H21NS. The van der Waals surface area contributed by atoms with Crippen LogP contribution in [0.3, 0.4) is 0 Å². The maximum Gasteiger partial charge on any atom is 0.0208 e. The average molecular weight is 235 g/mol. The van der Waals surface area contributed by atoms with E-state index in [4.69, 9.17) is 0 Å². The molecule has 0 radical (unpaired) electrons. The number of hydrogen-bond acceptors (Lipinski definition) is 2. The highest BCUT2D eigenvalue weighted by molar-refractivity contribution is 7.99. The van der Waals surface area contributed by atoms with E-state index in [1.807, 2.05) is 11.8 Å². The van der Waals surface area contributed by atoms with Crippen molar-refractivity contribution in [3.8, 4) is 0 Å². The maximum absolute atomic E-state index is 3.54. The van der Waals surface area contributed by atoms with Crippen molar-refractivity contribution in [3.63, 3.8) is 0 Å². The highest BCUT2D eigenvalue weighted by atomic mass is 32.2. The first-order valence-corrected chi connectivity index (χ1v) is 7.17. The van der Waals surface area contributed by atoms with Gasteiger partial charge in [0.05, 0.1) is 0 Å². The van der Waals surface area contributed by atoms with E-state index < -0.39 is 0 Å². The normalized spacial score (nSPS) is 15.7. The van der Waals surface area contributed by atoms with Crippen LogP contribution in [0.5, 0.6) is 0 Å². The topological polar surface area (TPSA) is 12.0 Å². The molecule has 0 unspecified atom stereocenters. The number of rotatable bonds is 6. The van der Waals surface area contributed by atoms with Crippen molar-refractivity contribution in [2.24, 2.45) is 5.92 Å². The molecule has 0 saturated heterocycles. The third kappa shape index (κ3) is 4.18. The fourth-order valence-corrected chi connectivity index (χ4v) is 2.37. The molecule has 16 heavy (non-hydrogen) atoms. The molecular weight excluding hydrogens is 214 g/mol. The third-order valence-corrected chi connectivity index (χ3v) is 4.12. The average Bonchev–Trinajstić information content (AvgIpc) is 3.09. The van der Waals surface area contributed by atoms with Gasteiger partial charge < -0.3 is 5.32 Å². The van der Waals surface area contributed by atoms with Crippen LogP contribution in [0, 0.1) is 5.92 Å². The smallest absolute Gasteiger partial charge is 0.0208 e. The zero-order valence-corrected chi connectivity index (χ0v) is 11.0. The van der Waals surface area contributed by atoms with Crippen LogP contribution in [0.4, 0.5) is 0 Å². The molecule has 2 heteroatoms. The van der Waals surface area contributed by atoms with E-state index in [2.05, 4.69) is 43.4 Å². The van der Waals surface area contributed by atoms with Gasteiger partial charge in [-0.05, 0) is 36.5 Å². The van der Waals surface area contributed by atoms with Gasteiger partial charge in [0, 0.05) is 23.2 Å². The van der Waals surface area contributed by atoms with Crippen molar-refractivity contribution < 1.29 is 0 Å². The lowest BCUT2D eigenvalue weighted by molar-refractivity contribution is 0.687. The summed E-state index contributed by atoms with van der Waals surface area (Å²) in [5, 5.41) is 3.54. The summed E-state index contributed by atoms with van der Waals surface area (Å²) in [6.07, 6.45) is 2.73. The summed E-state index contributed by atoms with van der Waals surface area (Å²) in [4.78, 5) is 1.39. The van der Waals surface area contributed by atoms with Gasteiger partial charge in [0.1, 0.15) is 0 Å². The SMILES string of the molecule is CC(C)CSc1ccc(CNC2CC2)cc1. The lowest BCUT2D eigenvalue weighted by Crippen LogP contribution is -2.14. The number of hydrogen-bond donors (Lipinski definition) is 1. The molecule has 1 saturated carbocycles. The van der Waals surface area contributed by atoms with Crippen LogP contribution in [-0.2, 0) is 6.54 Å². The molecule has 0 aromatic heterocycles. The molecule has 0 spiro atoms. The molecule has 1 nitrogen and oxygen atoms in total. The quantitative estimate of drug-likeness (QED) is 0.755. The van der Waals surface area contributed by atoms with Crippen LogP contribution in [0.2, 0.25) is 0 Å². The van der Waals surface area contributed by atoms with Crippen LogP contribution < -0.4 is 5.32 Å². The highest BCUT2D eigenvalue weighted by Gasteiger charge is 2.19. The second kappa shape index (κ2) is 5.74. The van der Waals surface area contributed by atoms with Gasteiger partial charge in [-0.25, -0.2) is 0 Å². The van der Waals surface area contributed by atoms with Crippen molar-refractivity contribution in [2.45, 2.75) is 44.2 Å². The van der Waals surface area contributed by atoms with Crippen LogP contribution in [-0.4, -0.2) is 11.8 Å². The fourth-order valence-electron chi connectivity index (χ4n) is 1.52. The molecule has 0 bridgehead atoms. The third-order valence-electron chi connectivity index (χ3n) is 2.68. The Morgan fingerprint density at radius 2 is 1.94 bits per heavy atom. The maximum atomic E-state index is 3.54. The van der Waals surface area contributed by atoms with Crippen LogP contribution in [0.15, 0.2) is 29.2 Å². The van der Waals surface area contributed by atoms with Crippen molar-refractivity contribution in [1.82, 2.24) is 5.32 Å². The highest BCUT2D eigenvalue weighted by Crippen LogP contribution is 2.22. The summed E-state index contributed by atoms with van der Waals surface area (Å²) < 4.78 is 0. The van der Waals surface area contributed by atoms with Gasteiger partial charge in [0.2, 0.25) is 0 Å². The molecule has 1 aromatic rings. The Morgan fingerprint density at radius 1 is 1.25 bits per heavy atom. The van der Waals surface area contributed by atoms with Crippen molar-refractivity contribution >= 4 is 11.8 Å². The van der Waals surface area contributed by atoms with Crippen molar-refractivity contribution in [2.75, 3.05) is 5.75 Å². The minimum atomic E-state index is 0.765. The van der Waals surface area contributed by atoms with Gasteiger partial charge in [-0.15, -0.1) is 11.8 Å². The van der Waals surface area contributed by atoms with Crippen LogP contribution in [0.1, 0.15) is 32.3 Å². The second-order valence-corrected chi connectivity index (χ2v) is 6.10. The number of thioether (sulfide) groups is 1. The fraction of sp³-hybridized carbons (Fsp3) is 0.571. The Balaban J connectivity index is 1.78. The predicted molar refractivity (Wildman–Crippen MR) is 71.9 cm³/mol. The zero-order chi connectivity index (χ0) is 11.4. The lowest BCUT2D eigenvalue weighted by Gasteiger charge is -2.06. The first-order valence-electron chi connectivity index (χ1n) is 6.19. The summed E-state index contributed by atoms with van der Waals surface area (Å²) in [5.41, 5.74) is 1.40. The largest absolute Gasteiger partial charge is 0.310 e. The molecule has 0 aliphatic heterocycles. The van der Waals surface area contributed by atoms with Gasteiger partial charge in [0.25, 0.3) is 0 Å². The van der Waals surface area contributed by atoms with E-state index in [9.17, 15) is 0 Å². The summed E-state index contributed by atoms with van der Waals surface area (Å²) in [6.45, 7) is 5.56. The molecule has 1 aliphatic rings. The van der Waals surface area contributed by atoms with E-state index in [1.54, 1.807) is 0 Å². The van der Waals surface area contributed by atoms with Gasteiger partial charge in [-0.1, -0.05) is 26.0 Å². The minimum Gasteiger partial charge on any atom is -0.310 e. The Kier molecular flexibility index (Phi) is 4.30. The minimum absolute atomic E-state index is 0.765. The molecule has 0 atom stereocenters. The molecule has 0 amide bonds. The van der Waals surface area contributed by atoms with Crippen LogP contribution in [0.25, 0.3) is 0 Å². The molecule has 1 aliphatic carbocycles. The monoisotopic (exact) mass is 235 g/mol. The van der Waals surface area contributed by atoms with E-state index in [-0.39, 0.29) is 0 Å². The van der Waals surface area contributed by atoms with E-state index in [0.717, 1.165) is 18.5 Å².